The van der Waals surface area contributed by atoms with Crippen LogP contribution in [0.3, 0.4) is 0 Å². The predicted molar refractivity (Wildman–Crippen MR) is 111 cm³/mol. The first kappa shape index (κ1) is 20.3. The van der Waals surface area contributed by atoms with Crippen molar-refractivity contribution in [2.24, 2.45) is 34.5 Å². The second-order valence-electron chi connectivity index (χ2n) is 9.86. The fourth-order valence-corrected chi connectivity index (χ4v) is 7.00. The number of carbonyl (C=O) groups is 3. The van der Waals surface area contributed by atoms with Gasteiger partial charge in [0.05, 0.1) is 0 Å². The number of esters is 1. The van der Waals surface area contributed by atoms with Crippen LogP contribution in [-0.4, -0.2) is 24.1 Å². The first-order valence-corrected chi connectivity index (χ1v) is 11.0. The topological polar surface area (TPSA) is 60.4 Å². The van der Waals surface area contributed by atoms with Gasteiger partial charge in [-0.2, -0.15) is 0 Å². The molecule has 2 saturated carbocycles. The van der Waals surface area contributed by atoms with E-state index in [1.165, 1.54) is 18.1 Å². The van der Waals surface area contributed by atoms with Crippen LogP contribution in [0.2, 0.25) is 0 Å². The van der Waals surface area contributed by atoms with Gasteiger partial charge in [0.25, 0.3) is 0 Å². The normalized spacial score (nSPS) is 40.3. The number of allylic oxidation sites excluding steroid dienone is 6. The number of carbonyl (C=O) groups excluding carboxylic acids is 3. The van der Waals surface area contributed by atoms with Crippen molar-refractivity contribution >= 4 is 17.5 Å². The molecule has 4 aliphatic carbocycles. The minimum atomic E-state index is -0.393. The summed E-state index contributed by atoms with van der Waals surface area (Å²) in [5.74, 6) is 0.990. The molecule has 0 bridgehead atoms. The van der Waals surface area contributed by atoms with Crippen LogP contribution in [0.1, 0.15) is 59.8 Å². The van der Waals surface area contributed by atoms with Gasteiger partial charge in [-0.1, -0.05) is 43.6 Å². The van der Waals surface area contributed by atoms with Crippen LogP contribution in [-0.2, 0) is 19.1 Å². The van der Waals surface area contributed by atoms with Crippen LogP contribution in [0, 0.1) is 34.5 Å². The lowest BCUT2D eigenvalue weighted by molar-refractivity contribution is -0.148. The Kier molecular flexibility index (Phi) is 4.95. The summed E-state index contributed by atoms with van der Waals surface area (Å²) >= 11 is 0. The van der Waals surface area contributed by atoms with Crippen LogP contribution in [0.4, 0.5) is 0 Å². The summed E-state index contributed by atoms with van der Waals surface area (Å²) in [4.78, 5) is 36.3. The summed E-state index contributed by atoms with van der Waals surface area (Å²) in [5.41, 5.74) is 2.45. The summed E-state index contributed by atoms with van der Waals surface area (Å²) < 4.78 is 5.08. The maximum atomic E-state index is 13.1. The molecular formula is C25H32O4. The second kappa shape index (κ2) is 7.07. The van der Waals surface area contributed by atoms with Crippen LogP contribution >= 0.6 is 0 Å². The molecule has 4 aliphatic rings. The Labute approximate surface area is 173 Å². The van der Waals surface area contributed by atoms with Gasteiger partial charge >= 0.3 is 5.97 Å². The number of ketones is 2. The second-order valence-corrected chi connectivity index (χ2v) is 9.86. The summed E-state index contributed by atoms with van der Waals surface area (Å²) in [7, 11) is 0. The van der Waals surface area contributed by atoms with Crippen molar-refractivity contribution in [3.05, 3.63) is 35.5 Å². The SMILES string of the molecule is CC[C@@H]1CC2C3CCC4=CC(=O)C=C[C@]4(C)C3=CC[C@]2(C)C1C(=O)COC(C)=O. The fourth-order valence-electron chi connectivity index (χ4n) is 7.00. The summed E-state index contributed by atoms with van der Waals surface area (Å²) in [6, 6.07) is 0. The van der Waals surface area contributed by atoms with E-state index in [2.05, 4.69) is 32.9 Å². The van der Waals surface area contributed by atoms with Gasteiger partial charge in [-0.3, -0.25) is 14.4 Å². The van der Waals surface area contributed by atoms with Gasteiger partial charge < -0.3 is 4.74 Å². The van der Waals surface area contributed by atoms with Crippen molar-refractivity contribution in [1.29, 1.82) is 0 Å². The van der Waals surface area contributed by atoms with Gasteiger partial charge in [-0.15, -0.1) is 0 Å². The van der Waals surface area contributed by atoms with E-state index in [9.17, 15) is 14.4 Å². The molecule has 4 heteroatoms. The van der Waals surface area contributed by atoms with E-state index in [1.807, 2.05) is 6.08 Å². The van der Waals surface area contributed by atoms with Crippen molar-refractivity contribution < 1.29 is 19.1 Å². The highest BCUT2D eigenvalue weighted by Gasteiger charge is 2.59. The zero-order chi connectivity index (χ0) is 21.0. The molecule has 0 aliphatic heterocycles. The molecule has 29 heavy (non-hydrogen) atoms. The minimum Gasteiger partial charge on any atom is -0.458 e. The average molecular weight is 397 g/mol. The monoisotopic (exact) mass is 396 g/mol. The maximum Gasteiger partial charge on any atom is 0.303 e. The molecule has 0 aromatic heterocycles. The lowest BCUT2D eigenvalue weighted by Crippen LogP contribution is -2.45. The smallest absolute Gasteiger partial charge is 0.303 e. The highest BCUT2D eigenvalue weighted by molar-refractivity contribution is 6.01. The molecular weight excluding hydrogens is 364 g/mol. The van der Waals surface area contributed by atoms with Crippen molar-refractivity contribution in [2.45, 2.75) is 59.8 Å². The van der Waals surface area contributed by atoms with Crippen LogP contribution in [0.15, 0.2) is 35.5 Å². The van der Waals surface area contributed by atoms with Gasteiger partial charge in [0, 0.05) is 18.3 Å². The molecule has 156 valence electrons. The standard InChI is InChI=1S/C25H32O4/c1-5-16-12-21-19-7-6-17-13-18(27)8-10-24(17,3)20(19)9-11-25(21,4)23(16)22(28)14-29-15(2)26/h8-10,13,16,19,21,23H,5-7,11-12,14H2,1-4H3/t16-,19?,21?,23?,24+,25+/m1/s1. The van der Waals surface area contributed by atoms with Crippen LogP contribution in [0.5, 0.6) is 0 Å². The third kappa shape index (κ3) is 3.06. The molecule has 0 saturated heterocycles. The van der Waals surface area contributed by atoms with E-state index in [4.69, 9.17) is 4.74 Å². The molecule has 0 radical (unpaired) electrons. The molecule has 0 amide bonds. The molecule has 4 rings (SSSR count). The van der Waals surface area contributed by atoms with Gasteiger partial charge in [0.2, 0.25) is 0 Å². The Bertz CT molecular complexity index is 847. The van der Waals surface area contributed by atoms with Crippen molar-refractivity contribution in [3.63, 3.8) is 0 Å². The first-order valence-electron chi connectivity index (χ1n) is 11.0. The number of Topliss-reactive ketones (excluding diaryl/α,β-unsaturated/α-hetero) is 1. The van der Waals surface area contributed by atoms with Gasteiger partial charge in [-0.25, -0.2) is 0 Å². The Balaban J connectivity index is 1.68. The van der Waals surface area contributed by atoms with E-state index in [-0.39, 0.29) is 34.9 Å². The summed E-state index contributed by atoms with van der Waals surface area (Å²) in [6.07, 6.45) is 12.9. The van der Waals surface area contributed by atoms with Gasteiger partial charge in [-0.05, 0) is 67.9 Å². The largest absolute Gasteiger partial charge is 0.458 e. The first-order chi connectivity index (χ1) is 13.7. The molecule has 3 unspecified atom stereocenters. The molecule has 4 nitrogen and oxygen atoms in total. The highest BCUT2D eigenvalue weighted by atomic mass is 16.5. The molecule has 2 fully saturated rings. The summed E-state index contributed by atoms with van der Waals surface area (Å²) in [5, 5.41) is 0. The van der Waals surface area contributed by atoms with Crippen molar-refractivity contribution in [3.8, 4) is 0 Å². The number of hydrogen-bond donors (Lipinski definition) is 0. The molecule has 0 aromatic rings. The maximum absolute atomic E-state index is 13.1. The average Bonchev–Trinajstić information content (AvgIpc) is 2.99. The van der Waals surface area contributed by atoms with E-state index >= 15 is 0 Å². The third-order valence-electron chi connectivity index (χ3n) is 8.41. The Morgan fingerprint density at radius 1 is 1.28 bits per heavy atom. The Morgan fingerprint density at radius 3 is 2.72 bits per heavy atom. The molecule has 0 spiro atoms. The third-order valence-corrected chi connectivity index (χ3v) is 8.41. The highest BCUT2D eigenvalue weighted by Crippen LogP contribution is 2.65. The fraction of sp³-hybridized carbons (Fsp3) is 0.640. The van der Waals surface area contributed by atoms with Crippen LogP contribution < -0.4 is 0 Å². The number of rotatable bonds is 4. The molecule has 6 atom stereocenters. The van der Waals surface area contributed by atoms with E-state index in [0.29, 0.717) is 17.8 Å². The van der Waals surface area contributed by atoms with Crippen molar-refractivity contribution in [2.75, 3.05) is 6.61 Å². The lowest BCUT2D eigenvalue weighted by atomic mass is 9.52. The Morgan fingerprint density at radius 2 is 2.03 bits per heavy atom. The van der Waals surface area contributed by atoms with Gasteiger partial charge in [0.15, 0.2) is 11.6 Å². The van der Waals surface area contributed by atoms with Crippen molar-refractivity contribution in [1.82, 2.24) is 0 Å². The molecule has 0 heterocycles. The zero-order valence-electron chi connectivity index (χ0n) is 18.0. The van der Waals surface area contributed by atoms with Crippen LogP contribution in [0.25, 0.3) is 0 Å². The number of hydrogen-bond acceptors (Lipinski definition) is 4. The van der Waals surface area contributed by atoms with E-state index < -0.39 is 5.97 Å². The Hall–Kier alpha value is -1.97. The quantitative estimate of drug-likeness (QED) is 0.515. The van der Waals surface area contributed by atoms with E-state index in [1.54, 1.807) is 6.08 Å². The molecule has 0 aromatic carbocycles. The molecule has 0 N–H and O–H groups in total. The lowest BCUT2D eigenvalue weighted by Gasteiger charge is -2.52. The number of fused-ring (bicyclic) bond motifs is 5. The summed E-state index contributed by atoms with van der Waals surface area (Å²) in [6.45, 7) is 7.96. The van der Waals surface area contributed by atoms with Gasteiger partial charge in [0.1, 0.15) is 6.61 Å². The zero-order valence-corrected chi connectivity index (χ0v) is 18.0. The number of ether oxygens (including phenoxy) is 1. The van der Waals surface area contributed by atoms with E-state index in [0.717, 1.165) is 32.1 Å². The predicted octanol–water partition coefficient (Wildman–Crippen LogP) is 4.60. The minimum absolute atomic E-state index is 0.0529.